The highest BCUT2D eigenvalue weighted by atomic mass is 32.2. The molecule has 132 valence electrons. The maximum Gasteiger partial charge on any atom is 0.183 e. The standard InChI is InChI=1S/C20H18N2O3S/c23-26(24)19-4-3-15(18-2-1-9-25-18)10-16(19)17-12-22(13-20(17)26)11-14-5-7-21-8-6-14/h1-10,17,20H,11-13H2/t17-,20+/m1/s1. The van der Waals surface area contributed by atoms with Crippen molar-refractivity contribution in [2.24, 2.45) is 0 Å². The number of likely N-dealkylation sites (tertiary alicyclic amines) is 1. The number of hydrogen-bond acceptors (Lipinski definition) is 5. The molecule has 1 saturated heterocycles. The van der Waals surface area contributed by atoms with Crippen molar-refractivity contribution >= 4 is 9.84 Å². The second-order valence-electron chi connectivity index (χ2n) is 6.97. The van der Waals surface area contributed by atoms with Crippen molar-refractivity contribution in [2.45, 2.75) is 22.6 Å². The monoisotopic (exact) mass is 366 g/mol. The first kappa shape index (κ1) is 15.8. The minimum Gasteiger partial charge on any atom is -0.464 e. The first-order chi connectivity index (χ1) is 12.6. The van der Waals surface area contributed by atoms with Gasteiger partial charge in [-0.15, -0.1) is 0 Å². The third-order valence-corrected chi connectivity index (χ3v) is 7.68. The number of nitrogens with zero attached hydrogens (tertiary/aromatic N) is 2. The number of rotatable bonds is 3. The third kappa shape index (κ3) is 2.40. The molecule has 0 saturated carbocycles. The molecule has 3 aromatic rings. The van der Waals surface area contributed by atoms with E-state index >= 15 is 0 Å². The molecular weight excluding hydrogens is 348 g/mol. The van der Waals surface area contributed by atoms with Crippen molar-refractivity contribution in [2.75, 3.05) is 13.1 Å². The maximum atomic E-state index is 13.0. The van der Waals surface area contributed by atoms with Crippen LogP contribution < -0.4 is 0 Å². The first-order valence-electron chi connectivity index (χ1n) is 8.66. The van der Waals surface area contributed by atoms with Crippen LogP contribution in [0, 0.1) is 0 Å². The van der Waals surface area contributed by atoms with E-state index in [4.69, 9.17) is 4.42 Å². The highest BCUT2D eigenvalue weighted by Gasteiger charge is 2.50. The van der Waals surface area contributed by atoms with Gasteiger partial charge in [0.2, 0.25) is 0 Å². The second kappa shape index (κ2) is 5.79. The molecule has 0 spiro atoms. The molecule has 2 aromatic heterocycles. The lowest BCUT2D eigenvalue weighted by Crippen LogP contribution is -2.25. The third-order valence-electron chi connectivity index (χ3n) is 5.42. The molecule has 2 atom stereocenters. The Morgan fingerprint density at radius 3 is 2.73 bits per heavy atom. The van der Waals surface area contributed by atoms with Crippen molar-refractivity contribution in [1.82, 2.24) is 9.88 Å². The normalized spacial score (nSPS) is 23.7. The molecular formula is C20H18N2O3S. The lowest BCUT2D eigenvalue weighted by molar-refractivity contribution is 0.325. The van der Waals surface area contributed by atoms with E-state index in [1.54, 1.807) is 24.7 Å². The Hall–Kier alpha value is -2.44. The van der Waals surface area contributed by atoms with Crippen molar-refractivity contribution in [3.05, 3.63) is 72.2 Å². The fourth-order valence-electron chi connectivity index (χ4n) is 4.20. The molecule has 6 heteroatoms. The Morgan fingerprint density at radius 2 is 1.96 bits per heavy atom. The molecule has 4 heterocycles. The summed E-state index contributed by atoms with van der Waals surface area (Å²) < 4.78 is 31.5. The molecule has 1 aromatic carbocycles. The van der Waals surface area contributed by atoms with E-state index in [0.29, 0.717) is 11.4 Å². The molecule has 0 amide bonds. The minimum absolute atomic E-state index is 0.0201. The summed E-state index contributed by atoms with van der Waals surface area (Å²) >= 11 is 0. The van der Waals surface area contributed by atoms with Gasteiger partial charge in [0.15, 0.2) is 9.84 Å². The van der Waals surface area contributed by atoms with Crippen LogP contribution >= 0.6 is 0 Å². The van der Waals surface area contributed by atoms with E-state index in [9.17, 15) is 8.42 Å². The van der Waals surface area contributed by atoms with Crippen molar-refractivity contribution in [3.63, 3.8) is 0 Å². The Morgan fingerprint density at radius 1 is 1.12 bits per heavy atom. The van der Waals surface area contributed by atoms with Gasteiger partial charge in [0.05, 0.1) is 16.4 Å². The van der Waals surface area contributed by atoms with Crippen LogP contribution in [0.5, 0.6) is 0 Å². The van der Waals surface area contributed by atoms with Gasteiger partial charge in [-0.3, -0.25) is 9.88 Å². The van der Waals surface area contributed by atoms with Gasteiger partial charge < -0.3 is 4.42 Å². The topological polar surface area (TPSA) is 63.4 Å². The molecule has 5 nitrogen and oxygen atoms in total. The highest BCUT2D eigenvalue weighted by molar-refractivity contribution is 7.92. The predicted octanol–water partition coefficient (Wildman–Crippen LogP) is 3.10. The van der Waals surface area contributed by atoms with Crippen molar-refractivity contribution < 1.29 is 12.8 Å². The summed E-state index contributed by atoms with van der Waals surface area (Å²) in [4.78, 5) is 6.76. The molecule has 0 N–H and O–H groups in total. The quantitative estimate of drug-likeness (QED) is 0.713. The number of benzene rings is 1. The number of fused-ring (bicyclic) bond motifs is 3. The summed E-state index contributed by atoms with van der Waals surface area (Å²) in [7, 11) is -3.28. The largest absolute Gasteiger partial charge is 0.464 e. The zero-order valence-corrected chi connectivity index (χ0v) is 14.9. The van der Waals surface area contributed by atoms with Crippen LogP contribution in [-0.4, -0.2) is 36.6 Å². The molecule has 1 fully saturated rings. The van der Waals surface area contributed by atoms with Crippen LogP contribution in [-0.2, 0) is 16.4 Å². The molecule has 0 unspecified atom stereocenters. The van der Waals surface area contributed by atoms with Crippen molar-refractivity contribution in [1.29, 1.82) is 0 Å². The summed E-state index contributed by atoms with van der Waals surface area (Å²) in [5.74, 6) is 0.784. The fourth-order valence-corrected chi connectivity index (χ4v) is 6.39. The summed E-state index contributed by atoms with van der Waals surface area (Å²) in [6.07, 6.45) is 5.18. The summed E-state index contributed by atoms with van der Waals surface area (Å²) in [5, 5.41) is -0.355. The number of sulfone groups is 1. The van der Waals surface area contributed by atoms with Gasteiger partial charge in [0.1, 0.15) is 5.76 Å². The molecule has 0 aliphatic carbocycles. The average molecular weight is 366 g/mol. The zero-order valence-electron chi connectivity index (χ0n) is 14.1. The lowest BCUT2D eigenvalue weighted by Gasteiger charge is -2.17. The predicted molar refractivity (Wildman–Crippen MR) is 97.4 cm³/mol. The average Bonchev–Trinajstić information content (AvgIpc) is 3.35. The maximum absolute atomic E-state index is 13.0. The Bertz CT molecular complexity index is 1050. The summed E-state index contributed by atoms with van der Waals surface area (Å²) in [6, 6.07) is 13.3. The van der Waals surface area contributed by atoms with Crippen LogP contribution in [0.15, 0.2) is 70.4 Å². The van der Waals surface area contributed by atoms with Gasteiger partial charge in [-0.05, 0) is 53.6 Å². The van der Waals surface area contributed by atoms with Gasteiger partial charge in [0.25, 0.3) is 0 Å². The van der Waals surface area contributed by atoms with Gasteiger partial charge >= 0.3 is 0 Å². The molecule has 2 aliphatic rings. The zero-order chi connectivity index (χ0) is 17.7. The molecule has 5 rings (SSSR count). The van der Waals surface area contributed by atoms with E-state index in [-0.39, 0.29) is 11.2 Å². The van der Waals surface area contributed by atoms with Crippen LogP contribution in [0.2, 0.25) is 0 Å². The molecule has 26 heavy (non-hydrogen) atoms. The Labute approximate surface area is 152 Å². The van der Waals surface area contributed by atoms with E-state index in [1.807, 2.05) is 36.4 Å². The van der Waals surface area contributed by atoms with Crippen LogP contribution in [0.25, 0.3) is 11.3 Å². The summed E-state index contributed by atoms with van der Waals surface area (Å²) in [5.41, 5.74) is 3.01. The number of furan rings is 1. The second-order valence-corrected chi connectivity index (χ2v) is 9.10. The fraction of sp³-hybridized carbons (Fsp3) is 0.250. The van der Waals surface area contributed by atoms with Gasteiger partial charge in [-0.25, -0.2) is 8.42 Å². The van der Waals surface area contributed by atoms with Crippen LogP contribution in [0.1, 0.15) is 17.0 Å². The van der Waals surface area contributed by atoms with Crippen LogP contribution in [0.3, 0.4) is 0 Å². The lowest BCUT2D eigenvalue weighted by atomic mass is 9.96. The summed E-state index contributed by atoms with van der Waals surface area (Å²) in [6.45, 7) is 2.07. The number of hydrogen-bond donors (Lipinski definition) is 0. The Kier molecular flexibility index (Phi) is 3.52. The highest BCUT2D eigenvalue weighted by Crippen LogP contribution is 2.46. The van der Waals surface area contributed by atoms with E-state index < -0.39 is 9.84 Å². The smallest absolute Gasteiger partial charge is 0.183 e. The van der Waals surface area contributed by atoms with Gasteiger partial charge in [-0.2, -0.15) is 0 Å². The first-order valence-corrected chi connectivity index (χ1v) is 10.2. The number of pyridine rings is 1. The van der Waals surface area contributed by atoms with E-state index in [1.165, 1.54) is 0 Å². The minimum atomic E-state index is -3.28. The molecule has 0 bridgehead atoms. The molecule has 0 radical (unpaired) electrons. The van der Waals surface area contributed by atoms with E-state index in [0.717, 1.165) is 35.5 Å². The van der Waals surface area contributed by atoms with Crippen LogP contribution in [0.4, 0.5) is 0 Å². The Balaban J connectivity index is 1.49. The number of aromatic nitrogens is 1. The van der Waals surface area contributed by atoms with Gasteiger partial charge in [-0.1, -0.05) is 0 Å². The van der Waals surface area contributed by atoms with Crippen molar-refractivity contribution in [3.8, 4) is 11.3 Å². The van der Waals surface area contributed by atoms with Gasteiger partial charge in [0, 0.05) is 43.5 Å². The molecule has 2 aliphatic heterocycles. The van der Waals surface area contributed by atoms with E-state index in [2.05, 4.69) is 9.88 Å². The SMILES string of the molecule is O=S1(=O)c2ccc(-c3ccco3)cc2[C@H]2CN(Cc3ccncc3)C[C@@H]21.